The number of aromatic amines is 1. The molecule has 2 N–H and O–H groups in total. The Morgan fingerprint density at radius 3 is 2.74 bits per heavy atom. The highest BCUT2D eigenvalue weighted by Crippen LogP contribution is 2.21. The number of fused-ring (bicyclic) bond motifs is 1. The van der Waals surface area contributed by atoms with E-state index in [0.717, 1.165) is 15.8 Å². The quantitative estimate of drug-likeness (QED) is 0.870. The first-order chi connectivity index (χ1) is 9.01. The average molecular weight is 262 g/mol. The topological polar surface area (TPSA) is 82.6 Å². The molecule has 19 heavy (non-hydrogen) atoms. The molecule has 0 aliphatic carbocycles. The molecule has 0 spiro atoms. The van der Waals surface area contributed by atoms with Crippen molar-refractivity contribution < 1.29 is 19.4 Å². The molecule has 1 heterocycles. The van der Waals surface area contributed by atoms with Crippen LogP contribution in [0.5, 0.6) is 5.75 Å². The van der Waals surface area contributed by atoms with Crippen molar-refractivity contribution in [1.29, 1.82) is 0 Å². The highest BCUT2D eigenvalue weighted by molar-refractivity contribution is 5.99. The summed E-state index contributed by atoms with van der Waals surface area (Å²) in [6.07, 6.45) is 0. The Morgan fingerprint density at radius 2 is 2.11 bits per heavy atom. The third-order valence-electron chi connectivity index (χ3n) is 2.78. The van der Waals surface area contributed by atoms with Crippen molar-refractivity contribution in [2.45, 2.75) is 0 Å². The minimum Gasteiger partial charge on any atom is -0.497 e. The minimum absolute atomic E-state index is 0.336. The van der Waals surface area contributed by atoms with E-state index in [1.54, 1.807) is 25.3 Å². The van der Waals surface area contributed by atoms with Gasteiger partial charge >= 0.3 is 5.97 Å². The standard InChI is InChI=1S/C13H14N2O4/c1-15(7-12(16)17)13(18)11-5-8-3-4-9(19-2)6-10(8)14-11/h3-6,14H,7H2,1-2H3,(H,16,17). The van der Waals surface area contributed by atoms with E-state index in [2.05, 4.69) is 4.98 Å². The van der Waals surface area contributed by atoms with E-state index in [0.29, 0.717) is 11.4 Å². The maximum atomic E-state index is 12.0. The number of amides is 1. The zero-order valence-electron chi connectivity index (χ0n) is 10.6. The van der Waals surface area contributed by atoms with Crippen molar-refractivity contribution in [1.82, 2.24) is 9.88 Å². The van der Waals surface area contributed by atoms with Crippen LogP contribution in [0.3, 0.4) is 0 Å². The number of nitrogens with zero attached hydrogens (tertiary/aromatic N) is 1. The SMILES string of the molecule is COc1ccc2cc(C(=O)N(C)CC(=O)O)[nH]c2c1. The van der Waals surface area contributed by atoms with Crippen LogP contribution in [0, 0.1) is 0 Å². The van der Waals surface area contributed by atoms with E-state index >= 15 is 0 Å². The van der Waals surface area contributed by atoms with Gasteiger partial charge < -0.3 is 19.7 Å². The smallest absolute Gasteiger partial charge is 0.323 e. The number of carbonyl (C=O) groups is 2. The molecule has 1 amide bonds. The molecule has 100 valence electrons. The van der Waals surface area contributed by atoms with Gasteiger partial charge in [-0.05, 0) is 18.2 Å². The summed E-state index contributed by atoms with van der Waals surface area (Å²) in [6.45, 7) is -0.336. The molecule has 0 unspecified atom stereocenters. The predicted octanol–water partition coefficient (Wildman–Crippen LogP) is 1.33. The average Bonchev–Trinajstić information content (AvgIpc) is 2.79. The summed E-state index contributed by atoms with van der Waals surface area (Å²) in [4.78, 5) is 26.7. The number of carboxylic acids is 1. The predicted molar refractivity (Wildman–Crippen MR) is 69.4 cm³/mol. The molecule has 0 saturated carbocycles. The Kier molecular flexibility index (Phi) is 3.41. The fraction of sp³-hybridized carbons (Fsp3) is 0.231. The number of carbonyl (C=O) groups excluding carboxylic acids is 1. The Morgan fingerprint density at radius 1 is 1.37 bits per heavy atom. The fourth-order valence-electron chi connectivity index (χ4n) is 1.83. The second-order valence-corrected chi connectivity index (χ2v) is 4.19. The number of likely N-dealkylation sites (N-methyl/N-ethyl adjacent to an activating group) is 1. The number of aromatic nitrogens is 1. The summed E-state index contributed by atoms with van der Waals surface area (Å²) in [6, 6.07) is 7.10. The molecule has 2 aromatic rings. The van der Waals surface area contributed by atoms with Crippen molar-refractivity contribution in [3.63, 3.8) is 0 Å². The first-order valence-electron chi connectivity index (χ1n) is 5.65. The molecule has 0 aliphatic rings. The van der Waals surface area contributed by atoms with E-state index in [1.165, 1.54) is 7.05 Å². The molecule has 0 bridgehead atoms. The lowest BCUT2D eigenvalue weighted by atomic mass is 10.2. The van der Waals surface area contributed by atoms with Gasteiger partial charge in [0.05, 0.1) is 7.11 Å². The van der Waals surface area contributed by atoms with Gasteiger partial charge in [0.25, 0.3) is 5.91 Å². The largest absolute Gasteiger partial charge is 0.497 e. The molecule has 0 fully saturated rings. The molecule has 0 radical (unpaired) electrons. The summed E-state index contributed by atoms with van der Waals surface area (Å²) >= 11 is 0. The number of H-pyrrole nitrogens is 1. The number of rotatable bonds is 4. The maximum absolute atomic E-state index is 12.0. The molecule has 0 aliphatic heterocycles. The minimum atomic E-state index is -1.05. The molecule has 2 rings (SSSR count). The highest BCUT2D eigenvalue weighted by Gasteiger charge is 2.16. The number of hydrogen-bond acceptors (Lipinski definition) is 3. The first-order valence-corrected chi connectivity index (χ1v) is 5.65. The number of aliphatic carboxylic acids is 1. The zero-order valence-corrected chi connectivity index (χ0v) is 10.6. The van der Waals surface area contributed by atoms with Gasteiger partial charge in [0.2, 0.25) is 0 Å². The van der Waals surface area contributed by atoms with Gasteiger partial charge in [0.15, 0.2) is 0 Å². The Balaban J connectivity index is 2.30. The van der Waals surface area contributed by atoms with E-state index in [-0.39, 0.29) is 12.5 Å². The molecule has 6 heteroatoms. The second kappa shape index (κ2) is 5.01. The summed E-state index contributed by atoms with van der Waals surface area (Å²) in [5.41, 5.74) is 1.12. The zero-order chi connectivity index (χ0) is 14.0. The maximum Gasteiger partial charge on any atom is 0.323 e. The van der Waals surface area contributed by atoms with Gasteiger partial charge in [-0.2, -0.15) is 0 Å². The highest BCUT2D eigenvalue weighted by atomic mass is 16.5. The van der Waals surface area contributed by atoms with Gasteiger partial charge in [-0.3, -0.25) is 9.59 Å². The molecule has 1 aromatic heterocycles. The van der Waals surface area contributed by atoms with Crippen LogP contribution in [0.4, 0.5) is 0 Å². The van der Waals surface area contributed by atoms with E-state index in [9.17, 15) is 9.59 Å². The first kappa shape index (κ1) is 12.9. The van der Waals surface area contributed by atoms with Crippen molar-refractivity contribution >= 4 is 22.8 Å². The van der Waals surface area contributed by atoms with Crippen LogP contribution in [0.25, 0.3) is 10.9 Å². The summed E-state index contributed by atoms with van der Waals surface area (Å²) in [5, 5.41) is 9.54. The lowest BCUT2D eigenvalue weighted by Gasteiger charge is -2.12. The van der Waals surface area contributed by atoms with Crippen LogP contribution in [-0.4, -0.2) is 47.6 Å². The molecule has 6 nitrogen and oxygen atoms in total. The monoisotopic (exact) mass is 262 g/mol. The van der Waals surface area contributed by atoms with E-state index in [1.807, 2.05) is 6.07 Å². The number of carboxylic acid groups (broad SMARTS) is 1. The Labute approximate surface area is 109 Å². The molecule has 0 saturated heterocycles. The van der Waals surface area contributed by atoms with Crippen molar-refractivity contribution in [2.75, 3.05) is 20.7 Å². The summed E-state index contributed by atoms with van der Waals surface area (Å²) < 4.78 is 5.10. The van der Waals surface area contributed by atoms with Crippen LogP contribution in [0.2, 0.25) is 0 Å². The van der Waals surface area contributed by atoms with Gasteiger partial charge in [0, 0.05) is 24.0 Å². The molecule has 1 aromatic carbocycles. The van der Waals surface area contributed by atoms with Crippen LogP contribution < -0.4 is 4.74 Å². The third kappa shape index (κ3) is 2.67. The third-order valence-corrected chi connectivity index (χ3v) is 2.78. The van der Waals surface area contributed by atoms with Gasteiger partial charge in [0.1, 0.15) is 18.0 Å². The van der Waals surface area contributed by atoms with E-state index < -0.39 is 5.97 Å². The summed E-state index contributed by atoms with van der Waals surface area (Å²) in [5.74, 6) is -0.724. The number of benzene rings is 1. The number of nitrogens with one attached hydrogen (secondary N) is 1. The number of ether oxygens (including phenoxy) is 1. The van der Waals surface area contributed by atoms with Crippen molar-refractivity contribution in [3.05, 3.63) is 30.0 Å². The van der Waals surface area contributed by atoms with Crippen LogP contribution in [0.1, 0.15) is 10.5 Å². The van der Waals surface area contributed by atoms with Gasteiger partial charge in [-0.1, -0.05) is 0 Å². The van der Waals surface area contributed by atoms with Gasteiger partial charge in [-0.25, -0.2) is 0 Å². The lowest BCUT2D eigenvalue weighted by molar-refractivity contribution is -0.137. The fourth-order valence-corrected chi connectivity index (χ4v) is 1.83. The Bertz CT molecular complexity index is 633. The Hall–Kier alpha value is -2.50. The molecule has 0 atom stereocenters. The van der Waals surface area contributed by atoms with Crippen LogP contribution >= 0.6 is 0 Å². The van der Waals surface area contributed by atoms with Gasteiger partial charge in [-0.15, -0.1) is 0 Å². The van der Waals surface area contributed by atoms with Crippen LogP contribution in [0.15, 0.2) is 24.3 Å². The number of hydrogen-bond donors (Lipinski definition) is 2. The summed E-state index contributed by atoms with van der Waals surface area (Å²) in [7, 11) is 3.01. The second-order valence-electron chi connectivity index (χ2n) is 4.19. The van der Waals surface area contributed by atoms with Crippen LogP contribution in [-0.2, 0) is 4.79 Å². The number of methoxy groups -OCH3 is 1. The lowest BCUT2D eigenvalue weighted by Crippen LogP contribution is -2.32. The molecular formula is C13H14N2O4. The van der Waals surface area contributed by atoms with Crippen molar-refractivity contribution in [3.8, 4) is 5.75 Å². The van der Waals surface area contributed by atoms with Crippen molar-refractivity contribution in [2.24, 2.45) is 0 Å². The van der Waals surface area contributed by atoms with E-state index in [4.69, 9.17) is 9.84 Å². The normalized spacial score (nSPS) is 10.4. The molecular weight excluding hydrogens is 248 g/mol.